The van der Waals surface area contributed by atoms with Gasteiger partial charge in [0.1, 0.15) is 6.29 Å². The topological polar surface area (TPSA) is 29.4 Å². The number of rotatable bonds is 16. The molecule has 0 aromatic heterocycles. The summed E-state index contributed by atoms with van der Waals surface area (Å²) in [6.07, 6.45) is 22.5. The lowest BCUT2D eigenvalue weighted by atomic mass is 10.0. The summed E-state index contributed by atoms with van der Waals surface area (Å²) < 4.78 is 0. The average Bonchev–Trinajstić information content (AvgIpc) is 2.50. The maximum absolute atomic E-state index is 10.2. The van der Waals surface area contributed by atoms with Crippen LogP contribution in [0.15, 0.2) is 17.3 Å². The third kappa shape index (κ3) is 19.2. The molecule has 0 unspecified atom stereocenters. The molecule has 0 fully saturated rings. The summed E-state index contributed by atoms with van der Waals surface area (Å²) in [4.78, 5) is 13.9. The van der Waals surface area contributed by atoms with Gasteiger partial charge in [-0.25, -0.2) is 4.99 Å². The van der Waals surface area contributed by atoms with Crippen LogP contribution >= 0.6 is 12.2 Å². The van der Waals surface area contributed by atoms with Crippen LogP contribution in [0.25, 0.3) is 0 Å². The number of aliphatic imine (C=N–C) groups is 1. The highest BCUT2D eigenvalue weighted by molar-refractivity contribution is 7.78. The molecule has 0 amide bonds. The maximum Gasteiger partial charge on any atom is 0.119 e. The van der Waals surface area contributed by atoms with Crippen molar-refractivity contribution in [3.63, 3.8) is 0 Å². The summed E-state index contributed by atoms with van der Waals surface area (Å²) in [6, 6.07) is 0. The van der Waals surface area contributed by atoms with Crippen molar-refractivity contribution >= 4 is 23.7 Å². The van der Waals surface area contributed by atoms with Crippen molar-refractivity contribution < 1.29 is 4.79 Å². The van der Waals surface area contributed by atoms with Gasteiger partial charge in [0.05, 0.1) is 5.16 Å². The van der Waals surface area contributed by atoms with Crippen molar-refractivity contribution in [1.82, 2.24) is 0 Å². The van der Waals surface area contributed by atoms with Gasteiger partial charge in [-0.15, -0.1) is 0 Å². The van der Waals surface area contributed by atoms with E-state index in [2.05, 4.69) is 28.4 Å². The van der Waals surface area contributed by atoms with Crippen LogP contribution in [0.1, 0.15) is 89.9 Å². The SMILES string of the molecule is O=CCCCCCCCCCCCCCCC=CN=C=S. The Balaban J connectivity index is 3.02. The van der Waals surface area contributed by atoms with Crippen molar-refractivity contribution in [2.24, 2.45) is 4.99 Å². The fourth-order valence-corrected chi connectivity index (χ4v) is 2.48. The summed E-state index contributed by atoms with van der Waals surface area (Å²) in [7, 11) is 0. The first-order chi connectivity index (χ1) is 10.4. The Bertz CT molecular complexity index is 296. The predicted molar refractivity (Wildman–Crippen MR) is 94.9 cm³/mol. The zero-order chi connectivity index (χ0) is 15.4. The van der Waals surface area contributed by atoms with Crippen LogP contribution in [0.2, 0.25) is 0 Å². The van der Waals surface area contributed by atoms with Crippen molar-refractivity contribution in [2.75, 3.05) is 0 Å². The van der Waals surface area contributed by atoms with E-state index in [0.717, 1.165) is 25.5 Å². The van der Waals surface area contributed by atoms with Crippen molar-refractivity contribution in [1.29, 1.82) is 0 Å². The largest absolute Gasteiger partial charge is 0.303 e. The number of hydrogen-bond acceptors (Lipinski definition) is 3. The highest BCUT2D eigenvalue weighted by Crippen LogP contribution is 2.12. The van der Waals surface area contributed by atoms with E-state index < -0.39 is 0 Å². The van der Waals surface area contributed by atoms with E-state index in [1.165, 1.54) is 70.6 Å². The number of carbonyl (C=O) groups excluding carboxylic acids is 1. The van der Waals surface area contributed by atoms with E-state index in [-0.39, 0.29) is 0 Å². The van der Waals surface area contributed by atoms with Crippen LogP contribution in [0.3, 0.4) is 0 Å². The van der Waals surface area contributed by atoms with E-state index in [0.29, 0.717) is 0 Å². The molecule has 0 rings (SSSR count). The highest BCUT2D eigenvalue weighted by Gasteiger charge is 1.93. The Hall–Kier alpha value is -0.790. The lowest BCUT2D eigenvalue weighted by Gasteiger charge is -2.02. The van der Waals surface area contributed by atoms with Crippen LogP contribution in [0.4, 0.5) is 0 Å². The van der Waals surface area contributed by atoms with E-state index in [4.69, 9.17) is 0 Å². The van der Waals surface area contributed by atoms with Gasteiger partial charge < -0.3 is 4.79 Å². The van der Waals surface area contributed by atoms with Gasteiger partial charge in [-0.1, -0.05) is 70.3 Å². The van der Waals surface area contributed by atoms with Crippen molar-refractivity contribution in [3.8, 4) is 0 Å². The van der Waals surface area contributed by atoms with E-state index in [9.17, 15) is 4.79 Å². The highest BCUT2D eigenvalue weighted by atomic mass is 32.1. The molecule has 2 nitrogen and oxygen atoms in total. The van der Waals surface area contributed by atoms with Crippen molar-refractivity contribution in [3.05, 3.63) is 12.3 Å². The van der Waals surface area contributed by atoms with Gasteiger partial charge in [0, 0.05) is 12.6 Å². The zero-order valence-electron chi connectivity index (χ0n) is 13.4. The molecule has 3 heteroatoms. The molecule has 0 heterocycles. The fraction of sp³-hybridized carbons (Fsp3) is 0.778. The number of isothiocyanates is 1. The van der Waals surface area contributed by atoms with Crippen LogP contribution in [0, 0.1) is 0 Å². The molecular formula is C18H31NOS. The molecule has 0 aliphatic carbocycles. The van der Waals surface area contributed by atoms with Gasteiger partial charge >= 0.3 is 0 Å². The Morgan fingerprint density at radius 1 is 0.714 bits per heavy atom. The van der Waals surface area contributed by atoms with Crippen LogP contribution < -0.4 is 0 Å². The van der Waals surface area contributed by atoms with E-state index in [1.807, 2.05) is 0 Å². The minimum atomic E-state index is 0.745. The molecule has 0 aromatic rings. The number of allylic oxidation sites excluding steroid dienone is 1. The number of nitrogens with zero attached hydrogens (tertiary/aromatic N) is 1. The first kappa shape index (κ1) is 20.2. The zero-order valence-corrected chi connectivity index (χ0v) is 14.2. The molecule has 0 saturated heterocycles. The Morgan fingerprint density at radius 3 is 1.57 bits per heavy atom. The molecule has 21 heavy (non-hydrogen) atoms. The van der Waals surface area contributed by atoms with Crippen LogP contribution in [-0.2, 0) is 4.79 Å². The number of carbonyl (C=O) groups is 1. The molecule has 0 aliphatic heterocycles. The molecule has 0 bridgehead atoms. The average molecular weight is 310 g/mol. The molecule has 0 aromatic carbocycles. The maximum atomic E-state index is 10.2. The molecular weight excluding hydrogens is 278 g/mol. The minimum Gasteiger partial charge on any atom is -0.303 e. The minimum absolute atomic E-state index is 0.745. The Morgan fingerprint density at radius 2 is 1.14 bits per heavy atom. The van der Waals surface area contributed by atoms with E-state index in [1.54, 1.807) is 6.20 Å². The third-order valence-corrected chi connectivity index (χ3v) is 3.78. The molecule has 0 radical (unpaired) electrons. The first-order valence-corrected chi connectivity index (χ1v) is 8.98. The number of unbranched alkanes of at least 4 members (excludes halogenated alkanes) is 13. The van der Waals surface area contributed by atoms with Crippen LogP contribution in [-0.4, -0.2) is 11.4 Å². The Labute approximate surface area is 136 Å². The monoisotopic (exact) mass is 309 g/mol. The van der Waals surface area contributed by atoms with Gasteiger partial charge in [-0.2, -0.15) is 0 Å². The van der Waals surface area contributed by atoms with Gasteiger partial charge in [-0.3, -0.25) is 0 Å². The summed E-state index contributed by atoms with van der Waals surface area (Å²) in [5.41, 5.74) is 0. The smallest absolute Gasteiger partial charge is 0.119 e. The Kier molecular flexibility index (Phi) is 18.5. The summed E-state index contributed by atoms with van der Waals surface area (Å²) in [5, 5.41) is 2.33. The predicted octanol–water partition coefficient (Wildman–Crippen LogP) is 6.26. The van der Waals surface area contributed by atoms with E-state index >= 15 is 0 Å². The normalized spacial score (nSPS) is 10.7. The standard InChI is InChI=1S/C18H31NOS/c20-17-15-13-11-9-7-5-3-1-2-4-6-8-10-12-14-16-19-18-21/h14,16-17H,1-13,15H2. The second-order valence-electron chi connectivity index (χ2n) is 5.59. The molecule has 0 spiro atoms. The van der Waals surface area contributed by atoms with Crippen molar-refractivity contribution in [2.45, 2.75) is 89.9 Å². The second-order valence-corrected chi connectivity index (χ2v) is 5.77. The lowest BCUT2D eigenvalue weighted by Crippen LogP contribution is -1.83. The second kappa shape index (κ2) is 19.2. The first-order valence-electron chi connectivity index (χ1n) is 8.57. The fourth-order valence-electron chi connectivity index (χ4n) is 2.42. The quantitative estimate of drug-likeness (QED) is 0.146. The van der Waals surface area contributed by atoms with Gasteiger partial charge in [-0.05, 0) is 31.5 Å². The summed E-state index contributed by atoms with van der Waals surface area (Å²) in [5.74, 6) is 0. The molecule has 0 aliphatic rings. The molecule has 0 saturated carbocycles. The third-order valence-electron chi connectivity index (χ3n) is 3.68. The van der Waals surface area contributed by atoms with Crippen LogP contribution in [0.5, 0.6) is 0 Å². The van der Waals surface area contributed by atoms with Gasteiger partial charge in [0.15, 0.2) is 0 Å². The lowest BCUT2D eigenvalue weighted by molar-refractivity contribution is -0.107. The molecule has 120 valence electrons. The van der Waals surface area contributed by atoms with Gasteiger partial charge in [0.2, 0.25) is 0 Å². The summed E-state index contributed by atoms with van der Waals surface area (Å²) in [6.45, 7) is 0. The molecule has 0 N–H and O–H groups in total. The number of hydrogen-bond donors (Lipinski definition) is 0. The molecule has 0 atom stereocenters. The number of thiocarbonyl (C=S) groups is 1. The summed E-state index contributed by atoms with van der Waals surface area (Å²) >= 11 is 4.48. The number of aldehydes is 1. The van der Waals surface area contributed by atoms with Gasteiger partial charge in [0.25, 0.3) is 0 Å².